The molecule has 6 heteroatoms. The molecule has 1 aromatic carbocycles. The Morgan fingerprint density at radius 2 is 1.67 bits per heavy atom. The minimum Gasteiger partial charge on any atom is -0.394 e. The van der Waals surface area contributed by atoms with Crippen molar-refractivity contribution in [2.45, 2.75) is 30.7 Å². The molecule has 102 valence electrons. The number of sulfonamides is 1. The third-order valence-electron chi connectivity index (χ3n) is 2.96. The normalized spacial score (nSPS) is 12.7. The lowest BCUT2D eigenvalue weighted by Gasteiger charge is -2.29. The van der Waals surface area contributed by atoms with Crippen LogP contribution in [0.3, 0.4) is 0 Å². The Hall–Kier alpha value is -0.950. The van der Waals surface area contributed by atoms with Gasteiger partial charge in [-0.1, -0.05) is 24.6 Å². The van der Waals surface area contributed by atoms with Crippen molar-refractivity contribution in [1.82, 2.24) is 4.72 Å². The van der Waals surface area contributed by atoms with Gasteiger partial charge in [-0.3, -0.25) is 0 Å². The quantitative estimate of drug-likeness (QED) is 0.700. The van der Waals surface area contributed by atoms with Crippen LogP contribution in [0.2, 0.25) is 0 Å². The van der Waals surface area contributed by atoms with Gasteiger partial charge in [0.1, 0.15) is 0 Å². The van der Waals surface area contributed by atoms with Crippen molar-refractivity contribution in [1.29, 1.82) is 0 Å². The minimum absolute atomic E-state index is 0.118. The highest BCUT2D eigenvalue weighted by molar-refractivity contribution is 7.89. The molecule has 0 saturated heterocycles. The monoisotopic (exact) mass is 273 g/mol. The Bertz CT molecular complexity index is 469. The van der Waals surface area contributed by atoms with E-state index in [0.29, 0.717) is 6.42 Å². The predicted octanol–water partition coefficient (Wildman–Crippen LogP) is 0.407. The van der Waals surface area contributed by atoms with Gasteiger partial charge in [-0.05, 0) is 25.5 Å². The number of aryl methyl sites for hydroxylation is 1. The van der Waals surface area contributed by atoms with Crippen LogP contribution >= 0.6 is 0 Å². The largest absolute Gasteiger partial charge is 0.394 e. The third-order valence-corrected chi connectivity index (χ3v) is 4.56. The minimum atomic E-state index is -3.74. The molecule has 0 heterocycles. The second-order valence-electron chi connectivity index (χ2n) is 4.37. The predicted molar refractivity (Wildman–Crippen MR) is 68.7 cm³/mol. The molecular formula is C12H19NO4S. The van der Waals surface area contributed by atoms with Gasteiger partial charge in [0, 0.05) is 0 Å². The molecular weight excluding hydrogens is 254 g/mol. The number of rotatable bonds is 6. The second-order valence-corrected chi connectivity index (χ2v) is 6.05. The standard InChI is InChI=1S/C12H19NO4S/c1-3-12(8-14,9-15)13-18(16,17)11-6-4-10(2)5-7-11/h4-7,13-15H,3,8-9H2,1-2H3. The number of hydrogen-bond acceptors (Lipinski definition) is 4. The van der Waals surface area contributed by atoms with Gasteiger partial charge in [-0.2, -0.15) is 0 Å². The van der Waals surface area contributed by atoms with Gasteiger partial charge >= 0.3 is 0 Å². The summed E-state index contributed by atoms with van der Waals surface area (Å²) in [6.45, 7) is 2.65. The molecule has 0 aromatic heterocycles. The van der Waals surface area contributed by atoms with Crippen molar-refractivity contribution < 1.29 is 18.6 Å². The molecule has 0 saturated carbocycles. The van der Waals surface area contributed by atoms with Crippen LogP contribution in [0.15, 0.2) is 29.2 Å². The summed E-state index contributed by atoms with van der Waals surface area (Å²) in [5.74, 6) is 0. The van der Waals surface area contributed by atoms with Crippen LogP contribution < -0.4 is 4.72 Å². The fourth-order valence-corrected chi connectivity index (χ4v) is 2.93. The van der Waals surface area contributed by atoms with Crippen LogP contribution in [0.1, 0.15) is 18.9 Å². The first kappa shape index (κ1) is 15.1. The molecule has 1 aromatic rings. The lowest BCUT2D eigenvalue weighted by molar-refractivity contribution is 0.105. The van der Waals surface area contributed by atoms with E-state index in [2.05, 4.69) is 4.72 Å². The van der Waals surface area contributed by atoms with Crippen molar-refractivity contribution in [2.75, 3.05) is 13.2 Å². The molecule has 0 aliphatic rings. The van der Waals surface area contributed by atoms with Crippen LogP contribution in [0, 0.1) is 6.92 Å². The Balaban J connectivity index is 3.04. The molecule has 0 atom stereocenters. The first-order valence-electron chi connectivity index (χ1n) is 5.71. The lowest BCUT2D eigenvalue weighted by Crippen LogP contribution is -2.53. The van der Waals surface area contributed by atoms with Gasteiger partial charge in [0.05, 0.1) is 23.6 Å². The van der Waals surface area contributed by atoms with Crippen molar-refractivity contribution in [3.8, 4) is 0 Å². The van der Waals surface area contributed by atoms with Crippen LogP contribution in [0.25, 0.3) is 0 Å². The molecule has 0 radical (unpaired) electrons. The smallest absolute Gasteiger partial charge is 0.241 e. The van der Waals surface area contributed by atoms with Gasteiger partial charge in [0.2, 0.25) is 10.0 Å². The lowest BCUT2D eigenvalue weighted by atomic mass is 10.0. The van der Waals surface area contributed by atoms with E-state index in [0.717, 1.165) is 5.56 Å². The molecule has 0 aliphatic heterocycles. The summed E-state index contributed by atoms with van der Waals surface area (Å²) in [4.78, 5) is 0.118. The zero-order valence-electron chi connectivity index (χ0n) is 10.5. The molecule has 0 spiro atoms. The number of nitrogens with one attached hydrogen (secondary N) is 1. The molecule has 0 fully saturated rings. The van der Waals surface area contributed by atoms with E-state index in [1.54, 1.807) is 19.1 Å². The van der Waals surface area contributed by atoms with Gasteiger partial charge in [0.15, 0.2) is 0 Å². The maximum Gasteiger partial charge on any atom is 0.241 e. The van der Waals surface area contributed by atoms with Crippen LogP contribution in [0.5, 0.6) is 0 Å². The molecule has 0 amide bonds. The SMILES string of the molecule is CCC(CO)(CO)NS(=O)(=O)c1ccc(C)cc1. The molecule has 0 aliphatic carbocycles. The van der Waals surface area contributed by atoms with Crippen molar-refractivity contribution in [2.24, 2.45) is 0 Å². The topological polar surface area (TPSA) is 86.6 Å². The van der Waals surface area contributed by atoms with E-state index in [1.807, 2.05) is 6.92 Å². The molecule has 18 heavy (non-hydrogen) atoms. The van der Waals surface area contributed by atoms with E-state index < -0.39 is 28.8 Å². The summed E-state index contributed by atoms with van der Waals surface area (Å²) in [5.41, 5.74) is -0.260. The second kappa shape index (κ2) is 5.79. The van der Waals surface area contributed by atoms with Crippen molar-refractivity contribution >= 4 is 10.0 Å². The van der Waals surface area contributed by atoms with Crippen LogP contribution in [0.4, 0.5) is 0 Å². The van der Waals surface area contributed by atoms with Gasteiger partial charge < -0.3 is 10.2 Å². The number of aliphatic hydroxyl groups is 2. The molecule has 0 bridgehead atoms. The summed E-state index contributed by atoms with van der Waals surface area (Å²) in [6, 6.07) is 6.37. The number of aliphatic hydroxyl groups excluding tert-OH is 2. The highest BCUT2D eigenvalue weighted by Gasteiger charge is 2.32. The van der Waals surface area contributed by atoms with E-state index in [-0.39, 0.29) is 4.90 Å². The average molecular weight is 273 g/mol. The Kier molecular flexibility index (Phi) is 4.86. The summed E-state index contributed by atoms with van der Waals surface area (Å²) >= 11 is 0. The van der Waals surface area contributed by atoms with Gasteiger partial charge in [0.25, 0.3) is 0 Å². The van der Waals surface area contributed by atoms with Crippen molar-refractivity contribution in [3.63, 3.8) is 0 Å². The summed E-state index contributed by atoms with van der Waals surface area (Å²) < 4.78 is 26.6. The van der Waals surface area contributed by atoms with E-state index in [1.165, 1.54) is 12.1 Å². The zero-order valence-corrected chi connectivity index (χ0v) is 11.4. The number of benzene rings is 1. The fraction of sp³-hybridized carbons (Fsp3) is 0.500. The molecule has 0 unspecified atom stereocenters. The Morgan fingerprint density at radius 3 is 2.06 bits per heavy atom. The Labute approximate surface area is 108 Å². The number of hydrogen-bond donors (Lipinski definition) is 3. The van der Waals surface area contributed by atoms with Crippen LogP contribution in [-0.4, -0.2) is 37.4 Å². The van der Waals surface area contributed by atoms with Gasteiger partial charge in [-0.25, -0.2) is 13.1 Å². The van der Waals surface area contributed by atoms with Crippen molar-refractivity contribution in [3.05, 3.63) is 29.8 Å². The fourth-order valence-electron chi connectivity index (χ4n) is 1.47. The van der Waals surface area contributed by atoms with Crippen LogP contribution in [-0.2, 0) is 10.0 Å². The Morgan fingerprint density at radius 1 is 1.17 bits per heavy atom. The molecule has 1 rings (SSSR count). The maximum atomic E-state index is 12.1. The van der Waals surface area contributed by atoms with E-state index in [9.17, 15) is 18.6 Å². The average Bonchev–Trinajstić information content (AvgIpc) is 2.37. The summed E-state index contributed by atoms with van der Waals surface area (Å²) in [6.07, 6.45) is 0.297. The first-order chi connectivity index (χ1) is 8.39. The zero-order chi connectivity index (χ0) is 13.8. The van der Waals surface area contributed by atoms with Gasteiger partial charge in [-0.15, -0.1) is 0 Å². The highest BCUT2D eigenvalue weighted by Crippen LogP contribution is 2.16. The third kappa shape index (κ3) is 3.29. The maximum absolute atomic E-state index is 12.1. The van der Waals surface area contributed by atoms with E-state index >= 15 is 0 Å². The van der Waals surface area contributed by atoms with E-state index in [4.69, 9.17) is 0 Å². The highest BCUT2D eigenvalue weighted by atomic mass is 32.2. The first-order valence-corrected chi connectivity index (χ1v) is 7.20. The summed E-state index contributed by atoms with van der Waals surface area (Å²) in [7, 11) is -3.74. The molecule has 3 N–H and O–H groups in total. The summed E-state index contributed by atoms with van der Waals surface area (Å²) in [5, 5.41) is 18.5. The molecule has 5 nitrogen and oxygen atoms in total.